The smallest absolute Gasteiger partial charge is 0.243 e. The zero-order chi connectivity index (χ0) is 15.1. The van der Waals surface area contributed by atoms with Crippen LogP contribution in [0.2, 0.25) is 0 Å². The summed E-state index contributed by atoms with van der Waals surface area (Å²) in [7, 11) is 0. The lowest BCUT2D eigenvalue weighted by Gasteiger charge is -2.25. The molecule has 0 bridgehead atoms. The molecule has 4 heteroatoms. The first kappa shape index (κ1) is 17.0. The number of amides is 2. The molecule has 0 aromatic heterocycles. The van der Waals surface area contributed by atoms with Gasteiger partial charge in [0.25, 0.3) is 0 Å². The molecule has 0 heterocycles. The monoisotopic (exact) mass is 282 g/mol. The standard InChI is InChI=1S/C16H30N2O2/c1-11(2)9-10-12(3)17-16(20)15(18-13(4)19)14-7-5-6-8-14/h11-12,14-15H,5-10H2,1-4H3,(H,17,20)(H,18,19). The number of carbonyl (C=O) groups excluding carboxylic acids is 2. The molecule has 1 rings (SSSR count). The molecule has 4 nitrogen and oxygen atoms in total. The highest BCUT2D eigenvalue weighted by Gasteiger charge is 2.31. The van der Waals surface area contributed by atoms with Gasteiger partial charge in [-0.15, -0.1) is 0 Å². The van der Waals surface area contributed by atoms with Crippen LogP contribution in [0.1, 0.15) is 66.2 Å². The van der Waals surface area contributed by atoms with Crippen LogP contribution in [-0.2, 0) is 9.59 Å². The molecule has 1 aliphatic rings. The summed E-state index contributed by atoms with van der Waals surface area (Å²) < 4.78 is 0. The van der Waals surface area contributed by atoms with Crippen molar-refractivity contribution in [1.82, 2.24) is 10.6 Å². The fraction of sp³-hybridized carbons (Fsp3) is 0.875. The third-order valence-electron chi connectivity index (χ3n) is 4.08. The van der Waals surface area contributed by atoms with Crippen LogP contribution in [0.5, 0.6) is 0 Å². The molecule has 20 heavy (non-hydrogen) atoms. The lowest BCUT2D eigenvalue weighted by Crippen LogP contribution is -2.51. The van der Waals surface area contributed by atoms with E-state index in [2.05, 4.69) is 24.5 Å². The van der Waals surface area contributed by atoms with Crippen molar-refractivity contribution in [1.29, 1.82) is 0 Å². The molecule has 0 radical (unpaired) electrons. The van der Waals surface area contributed by atoms with Gasteiger partial charge in [0.15, 0.2) is 0 Å². The van der Waals surface area contributed by atoms with E-state index in [-0.39, 0.29) is 23.9 Å². The largest absolute Gasteiger partial charge is 0.352 e. The van der Waals surface area contributed by atoms with E-state index in [0.717, 1.165) is 38.5 Å². The van der Waals surface area contributed by atoms with Crippen molar-refractivity contribution in [2.75, 3.05) is 0 Å². The van der Waals surface area contributed by atoms with Gasteiger partial charge < -0.3 is 10.6 Å². The Bertz CT molecular complexity index is 322. The molecule has 0 aromatic rings. The highest BCUT2D eigenvalue weighted by atomic mass is 16.2. The van der Waals surface area contributed by atoms with Crippen LogP contribution in [0, 0.1) is 11.8 Å². The maximum Gasteiger partial charge on any atom is 0.243 e. The van der Waals surface area contributed by atoms with Gasteiger partial charge in [-0.3, -0.25) is 9.59 Å². The third-order valence-corrected chi connectivity index (χ3v) is 4.08. The van der Waals surface area contributed by atoms with Crippen LogP contribution in [0.25, 0.3) is 0 Å². The van der Waals surface area contributed by atoms with Crippen molar-refractivity contribution in [2.45, 2.75) is 78.3 Å². The predicted molar refractivity (Wildman–Crippen MR) is 81.2 cm³/mol. The van der Waals surface area contributed by atoms with Crippen LogP contribution in [0.4, 0.5) is 0 Å². The van der Waals surface area contributed by atoms with Gasteiger partial charge in [0.1, 0.15) is 6.04 Å². The first-order chi connectivity index (χ1) is 9.40. The van der Waals surface area contributed by atoms with Crippen molar-refractivity contribution in [3.8, 4) is 0 Å². The Morgan fingerprint density at radius 1 is 1.05 bits per heavy atom. The maximum atomic E-state index is 12.4. The minimum atomic E-state index is -0.350. The molecule has 0 aromatic carbocycles. The van der Waals surface area contributed by atoms with Crippen molar-refractivity contribution < 1.29 is 9.59 Å². The lowest BCUT2D eigenvalue weighted by molar-refractivity contribution is -0.129. The average Bonchev–Trinajstić information content (AvgIpc) is 2.86. The number of hydrogen-bond acceptors (Lipinski definition) is 2. The average molecular weight is 282 g/mol. The molecule has 2 unspecified atom stereocenters. The van der Waals surface area contributed by atoms with Crippen molar-refractivity contribution in [3.63, 3.8) is 0 Å². The summed E-state index contributed by atoms with van der Waals surface area (Å²) >= 11 is 0. The van der Waals surface area contributed by atoms with Crippen LogP contribution in [-0.4, -0.2) is 23.9 Å². The van der Waals surface area contributed by atoms with Gasteiger partial charge in [-0.25, -0.2) is 0 Å². The molecule has 0 spiro atoms. The molecule has 0 saturated heterocycles. The van der Waals surface area contributed by atoms with Gasteiger partial charge >= 0.3 is 0 Å². The van der Waals surface area contributed by atoms with E-state index >= 15 is 0 Å². The van der Waals surface area contributed by atoms with E-state index in [9.17, 15) is 9.59 Å². The molecule has 2 amide bonds. The highest BCUT2D eigenvalue weighted by Crippen LogP contribution is 2.28. The van der Waals surface area contributed by atoms with E-state index in [1.54, 1.807) is 0 Å². The van der Waals surface area contributed by atoms with Gasteiger partial charge in [0, 0.05) is 13.0 Å². The molecule has 1 aliphatic carbocycles. The Kier molecular flexibility index (Phi) is 7.03. The highest BCUT2D eigenvalue weighted by molar-refractivity contribution is 5.87. The van der Waals surface area contributed by atoms with E-state index in [1.165, 1.54) is 6.92 Å². The molecular weight excluding hydrogens is 252 g/mol. The number of nitrogens with one attached hydrogen (secondary N) is 2. The molecule has 1 saturated carbocycles. The van der Waals surface area contributed by atoms with Crippen LogP contribution >= 0.6 is 0 Å². The minimum absolute atomic E-state index is 0.0108. The first-order valence-corrected chi connectivity index (χ1v) is 7.97. The van der Waals surface area contributed by atoms with E-state index < -0.39 is 0 Å². The van der Waals surface area contributed by atoms with Gasteiger partial charge in [-0.2, -0.15) is 0 Å². The Labute approximate surface area is 123 Å². The molecule has 1 fully saturated rings. The second-order valence-electron chi connectivity index (χ2n) is 6.60. The fourth-order valence-corrected chi connectivity index (χ4v) is 2.90. The second kappa shape index (κ2) is 8.28. The summed E-state index contributed by atoms with van der Waals surface area (Å²) in [6.45, 7) is 7.90. The number of hydrogen-bond donors (Lipinski definition) is 2. The Hall–Kier alpha value is -1.06. The Morgan fingerprint density at radius 3 is 2.15 bits per heavy atom. The normalized spacial score (nSPS) is 18.9. The van der Waals surface area contributed by atoms with Crippen molar-refractivity contribution in [3.05, 3.63) is 0 Å². The number of rotatable bonds is 7. The molecular formula is C16H30N2O2. The summed E-state index contributed by atoms with van der Waals surface area (Å²) in [6, 6.07) is -0.181. The maximum absolute atomic E-state index is 12.4. The van der Waals surface area contributed by atoms with Crippen LogP contribution in [0.3, 0.4) is 0 Å². The minimum Gasteiger partial charge on any atom is -0.352 e. The van der Waals surface area contributed by atoms with E-state index in [0.29, 0.717) is 11.8 Å². The SMILES string of the molecule is CC(=O)NC(C(=O)NC(C)CCC(C)C)C1CCCC1. The predicted octanol–water partition coefficient (Wildman–Crippen LogP) is 2.62. The lowest BCUT2D eigenvalue weighted by atomic mass is 9.96. The Morgan fingerprint density at radius 2 is 1.65 bits per heavy atom. The van der Waals surface area contributed by atoms with E-state index in [1.807, 2.05) is 6.92 Å². The van der Waals surface area contributed by atoms with Crippen LogP contribution < -0.4 is 10.6 Å². The summed E-state index contributed by atoms with van der Waals surface area (Å²) in [4.78, 5) is 23.7. The van der Waals surface area contributed by atoms with Crippen molar-refractivity contribution >= 4 is 11.8 Å². The summed E-state index contributed by atoms with van der Waals surface area (Å²) in [5.41, 5.74) is 0. The summed E-state index contributed by atoms with van der Waals surface area (Å²) in [6.07, 6.45) is 6.50. The Balaban J connectivity index is 2.51. The van der Waals surface area contributed by atoms with Gasteiger partial charge in [-0.1, -0.05) is 26.7 Å². The zero-order valence-corrected chi connectivity index (χ0v) is 13.4. The van der Waals surface area contributed by atoms with Gasteiger partial charge in [-0.05, 0) is 44.4 Å². The topological polar surface area (TPSA) is 58.2 Å². The number of carbonyl (C=O) groups is 2. The van der Waals surface area contributed by atoms with Gasteiger partial charge in [0.2, 0.25) is 11.8 Å². The summed E-state index contributed by atoms with van der Waals surface area (Å²) in [5.74, 6) is 0.821. The van der Waals surface area contributed by atoms with Crippen molar-refractivity contribution in [2.24, 2.45) is 11.8 Å². The third kappa shape index (κ3) is 5.93. The quantitative estimate of drug-likeness (QED) is 0.754. The second-order valence-corrected chi connectivity index (χ2v) is 6.60. The van der Waals surface area contributed by atoms with E-state index in [4.69, 9.17) is 0 Å². The first-order valence-electron chi connectivity index (χ1n) is 7.97. The van der Waals surface area contributed by atoms with Gasteiger partial charge in [0.05, 0.1) is 0 Å². The van der Waals surface area contributed by atoms with Crippen LogP contribution in [0.15, 0.2) is 0 Å². The molecule has 116 valence electrons. The molecule has 2 N–H and O–H groups in total. The summed E-state index contributed by atoms with van der Waals surface area (Å²) in [5, 5.41) is 5.90. The molecule has 0 aliphatic heterocycles. The molecule has 2 atom stereocenters. The zero-order valence-electron chi connectivity index (χ0n) is 13.4. The fourth-order valence-electron chi connectivity index (χ4n) is 2.90.